The first kappa shape index (κ1) is 25.4. The Kier molecular flexibility index (Phi) is 6.34. The maximum atomic E-state index is 14.9. The fourth-order valence-electron chi connectivity index (χ4n) is 4.76. The highest BCUT2D eigenvalue weighted by Crippen LogP contribution is 2.34. The van der Waals surface area contributed by atoms with E-state index in [-0.39, 0.29) is 29.8 Å². The largest absolute Gasteiger partial charge is 0.384 e. The summed E-state index contributed by atoms with van der Waals surface area (Å²) >= 11 is 1.49. The van der Waals surface area contributed by atoms with Gasteiger partial charge in [0, 0.05) is 32.6 Å². The van der Waals surface area contributed by atoms with Crippen molar-refractivity contribution in [1.82, 2.24) is 25.0 Å². The summed E-state index contributed by atoms with van der Waals surface area (Å²) in [6.45, 7) is 2.12. The molecule has 2 amide bonds. The van der Waals surface area contributed by atoms with Crippen molar-refractivity contribution in [3.05, 3.63) is 87.5 Å². The van der Waals surface area contributed by atoms with Gasteiger partial charge in [0.15, 0.2) is 5.69 Å². The number of nitrogens with two attached hydrogens (primary N) is 1. The van der Waals surface area contributed by atoms with Crippen molar-refractivity contribution in [2.45, 2.75) is 31.8 Å². The molecular weight excluding hydrogens is 537 g/mol. The Morgan fingerprint density at radius 3 is 2.80 bits per heavy atom. The van der Waals surface area contributed by atoms with Crippen molar-refractivity contribution in [1.29, 1.82) is 0 Å². The van der Waals surface area contributed by atoms with Gasteiger partial charge in [-0.05, 0) is 18.6 Å². The van der Waals surface area contributed by atoms with Crippen molar-refractivity contribution in [3.8, 4) is 11.3 Å². The average molecular weight is 560 g/mol. The maximum absolute atomic E-state index is 14.9. The SMILES string of the molecule is C[C@@H]1C[C@@H](C(=O)NCc2cc3cnc(N)cc3s2)n2c1ncc(NC(=O)c1onc(-c3ccccc3)c1F)c2=O. The molecule has 5 aromatic rings. The predicted molar refractivity (Wildman–Crippen MR) is 146 cm³/mol. The highest BCUT2D eigenvalue weighted by atomic mass is 32.1. The summed E-state index contributed by atoms with van der Waals surface area (Å²) in [6.07, 6.45) is 3.23. The number of hydrogen-bond donors (Lipinski definition) is 3. The highest BCUT2D eigenvalue weighted by Gasteiger charge is 2.36. The van der Waals surface area contributed by atoms with E-state index in [1.54, 1.807) is 42.6 Å². The maximum Gasteiger partial charge on any atom is 0.297 e. The summed E-state index contributed by atoms with van der Waals surface area (Å²) in [5.74, 6) is -2.33. The van der Waals surface area contributed by atoms with Crippen molar-refractivity contribution >= 4 is 44.7 Å². The van der Waals surface area contributed by atoms with Crippen LogP contribution in [0.4, 0.5) is 15.9 Å². The molecule has 202 valence electrons. The third-order valence-electron chi connectivity index (χ3n) is 6.70. The van der Waals surface area contributed by atoms with Crippen LogP contribution in [-0.2, 0) is 11.3 Å². The van der Waals surface area contributed by atoms with Crippen LogP contribution in [0.5, 0.6) is 0 Å². The molecule has 0 fully saturated rings. The Hall–Kier alpha value is -4.91. The Labute approximate surface area is 229 Å². The molecule has 2 atom stereocenters. The van der Waals surface area contributed by atoms with Gasteiger partial charge < -0.3 is 20.9 Å². The van der Waals surface area contributed by atoms with Crippen LogP contribution in [0.15, 0.2) is 64.2 Å². The summed E-state index contributed by atoms with van der Waals surface area (Å²) < 4.78 is 22.1. The Morgan fingerprint density at radius 2 is 2.00 bits per heavy atom. The molecule has 0 bridgehead atoms. The molecule has 13 heteroatoms. The number of nitrogen functional groups attached to an aromatic ring is 1. The number of rotatable bonds is 6. The van der Waals surface area contributed by atoms with Crippen LogP contribution in [-0.4, -0.2) is 31.5 Å². The number of thiophene rings is 1. The lowest BCUT2D eigenvalue weighted by Crippen LogP contribution is -2.36. The fraction of sp³-hybridized carbons (Fsp3) is 0.185. The Balaban J connectivity index is 1.21. The van der Waals surface area contributed by atoms with E-state index < -0.39 is 29.1 Å². The van der Waals surface area contributed by atoms with E-state index in [2.05, 4.69) is 25.8 Å². The second-order valence-corrected chi connectivity index (χ2v) is 10.6. The summed E-state index contributed by atoms with van der Waals surface area (Å²) in [6, 6.07) is 11.3. The summed E-state index contributed by atoms with van der Waals surface area (Å²) in [5.41, 5.74) is 5.21. The van der Waals surface area contributed by atoms with E-state index in [0.29, 0.717) is 23.6 Å². The lowest BCUT2D eigenvalue weighted by Gasteiger charge is -2.15. The molecule has 0 aliphatic carbocycles. The van der Waals surface area contributed by atoms with E-state index in [4.69, 9.17) is 10.3 Å². The van der Waals surface area contributed by atoms with Gasteiger partial charge in [0.25, 0.3) is 17.2 Å². The number of aromatic nitrogens is 4. The number of nitrogens with zero attached hydrogens (tertiary/aromatic N) is 4. The fourth-order valence-corrected chi connectivity index (χ4v) is 5.78. The third kappa shape index (κ3) is 4.49. The molecule has 4 N–H and O–H groups in total. The predicted octanol–water partition coefficient (Wildman–Crippen LogP) is 3.85. The number of hydrogen-bond acceptors (Lipinski definition) is 9. The van der Waals surface area contributed by atoms with E-state index in [9.17, 15) is 18.8 Å². The molecule has 0 radical (unpaired) electrons. The number of amides is 2. The number of nitrogens with one attached hydrogen (secondary N) is 2. The number of anilines is 2. The number of fused-ring (bicyclic) bond motifs is 2. The number of carbonyl (C=O) groups excluding carboxylic acids is 2. The van der Waals surface area contributed by atoms with Crippen LogP contribution in [0.2, 0.25) is 0 Å². The van der Waals surface area contributed by atoms with E-state index in [1.165, 1.54) is 22.1 Å². The molecule has 4 aromatic heterocycles. The molecule has 1 aromatic carbocycles. The zero-order valence-electron chi connectivity index (χ0n) is 21.1. The van der Waals surface area contributed by atoms with Gasteiger partial charge in [-0.1, -0.05) is 42.4 Å². The average Bonchev–Trinajstić information content (AvgIpc) is 3.64. The summed E-state index contributed by atoms with van der Waals surface area (Å²) in [7, 11) is 0. The monoisotopic (exact) mass is 559 g/mol. The van der Waals surface area contributed by atoms with E-state index in [0.717, 1.165) is 15.0 Å². The lowest BCUT2D eigenvalue weighted by molar-refractivity contribution is -0.124. The van der Waals surface area contributed by atoms with Gasteiger partial charge in [0.1, 0.15) is 23.4 Å². The van der Waals surface area contributed by atoms with E-state index in [1.807, 2.05) is 13.0 Å². The first-order valence-corrected chi connectivity index (χ1v) is 13.2. The number of halogens is 1. The first-order valence-electron chi connectivity index (χ1n) is 12.3. The topological polar surface area (TPSA) is 158 Å². The molecule has 1 aliphatic heterocycles. The first-order chi connectivity index (χ1) is 19.3. The van der Waals surface area contributed by atoms with Crippen LogP contribution in [0.3, 0.4) is 0 Å². The molecule has 0 spiro atoms. The van der Waals surface area contributed by atoms with Gasteiger partial charge >= 0.3 is 0 Å². The van der Waals surface area contributed by atoms with E-state index >= 15 is 0 Å². The zero-order valence-corrected chi connectivity index (χ0v) is 21.9. The third-order valence-corrected chi connectivity index (χ3v) is 7.80. The van der Waals surface area contributed by atoms with Gasteiger partial charge in [-0.3, -0.25) is 19.0 Å². The van der Waals surface area contributed by atoms with Crippen molar-refractivity contribution in [2.24, 2.45) is 0 Å². The van der Waals surface area contributed by atoms with Gasteiger partial charge in [-0.15, -0.1) is 11.3 Å². The van der Waals surface area contributed by atoms with Gasteiger partial charge in [-0.25, -0.2) is 9.97 Å². The smallest absolute Gasteiger partial charge is 0.297 e. The molecule has 0 saturated heterocycles. The van der Waals surface area contributed by atoms with Gasteiger partial charge in [-0.2, -0.15) is 4.39 Å². The molecule has 5 heterocycles. The lowest BCUT2D eigenvalue weighted by atomic mass is 10.1. The van der Waals surface area contributed by atoms with Gasteiger partial charge in [0.05, 0.1) is 12.7 Å². The molecule has 11 nitrogen and oxygen atoms in total. The van der Waals surface area contributed by atoms with Crippen LogP contribution in [0.1, 0.15) is 46.6 Å². The minimum Gasteiger partial charge on any atom is -0.384 e. The van der Waals surface area contributed by atoms with Crippen LogP contribution in [0.25, 0.3) is 21.3 Å². The van der Waals surface area contributed by atoms with Crippen LogP contribution >= 0.6 is 11.3 Å². The van der Waals surface area contributed by atoms with Crippen molar-refractivity contribution in [2.75, 3.05) is 11.1 Å². The zero-order chi connectivity index (χ0) is 28.0. The molecule has 1 aliphatic rings. The Morgan fingerprint density at radius 1 is 1.20 bits per heavy atom. The second-order valence-electron chi connectivity index (χ2n) is 9.43. The Bertz CT molecular complexity index is 1830. The van der Waals surface area contributed by atoms with Crippen molar-refractivity contribution < 1.29 is 18.5 Å². The number of benzene rings is 1. The quantitative estimate of drug-likeness (QED) is 0.283. The van der Waals surface area contributed by atoms with Crippen LogP contribution in [0, 0.1) is 5.82 Å². The molecule has 6 rings (SSSR count). The molecule has 40 heavy (non-hydrogen) atoms. The minimum absolute atomic E-state index is 0.126. The minimum atomic E-state index is -1.00. The molecule has 0 saturated carbocycles. The van der Waals surface area contributed by atoms with Crippen molar-refractivity contribution in [3.63, 3.8) is 0 Å². The number of pyridine rings is 1. The van der Waals surface area contributed by atoms with Gasteiger partial charge in [0.2, 0.25) is 11.7 Å². The second kappa shape index (κ2) is 10.0. The highest BCUT2D eigenvalue weighted by molar-refractivity contribution is 7.19. The summed E-state index contributed by atoms with van der Waals surface area (Å²) in [4.78, 5) is 48.7. The molecule has 0 unspecified atom stereocenters. The number of carbonyl (C=O) groups is 2. The standard InChI is InChI=1S/C27H22FN7O4S/c1-13-7-18(25(36)32-11-16-8-15-10-30-20(29)9-19(15)40-16)35-24(13)31-12-17(27(35)38)33-26(37)23-21(28)22(34-39-23)14-5-3-2-4-6-14/h2-6,8-10,12-13,18H,7,11H2,1H3,(H2,29,30)(H,32,36)(H,33,37)/t13-,18+/m1/s1. The molecular formula is C27H22FN7O4S. The summed E-state index contributed by atoms with van der Waals surface area (Å²) in [5, 5.41) is 9.83. The van der Waals surface area contributed by atoms with Crippen LogP contribution < -0.4 is 21.9 Å². The normalized spacial score (nSPS) is 16.1.